The van der Waals surface area contributed by atoms with E-state index in [1.807, 2.05) is 11.8 Å². The van der Waals surface area contributed by atoms with E-state index in [0.29, 0.717) is 43.0 Å². The lowest BCUT2D eigenvalue weighted by Crippen LogP contribution is -2.27. The van der Waals surface area contributed by atoms with Crippen LogP contribution in [0.2, 0.25) is 0 Å². The van der Waals surface area contributed by atoms with Crippen molar-refractivity contribution in [3.05, 3.63) is 63.3 Å². The van der Waals surface area contributed by atoms with Crippen LogP contribution in [0.25, 0.3) is 0 Å². The van der Waals surface area contributed by atoms with E-state index in [1.165, 1.54) is 12.1 Å². The summed E-state index contributed by atoms with van der Waals surface area (Å²) in [6.07, 6.45) is 0.499. The molecular weight excluding hydrogens is 316 g/mol. The summed E-state index contributed by atoms with van der Waals surface area (Å²) in [4.78, 5) is 20.7. The van der Waals surface area contributed by atoms with Gasteiger partial charge in [-0.15, -0.1) is 0 Å². The summed E-state index contributed by atoms with van der Waals surface area (Å²) < 4.78 is 26.7. The number of hydrogen-bond acceptors (Lipinski definition) is 4. The summed E-state index contributed by atoms with van der Waals surface area (Å²) in [5, 5.41) is 9.99. The van der Waals surface area contributed by atoms with Gasteiger partial charge in [-0.25, -0.2) is 13.8 Å². The molecule has 0 spiro atoms. The number of nitrogens with zero attached hydrogens (tertiary/aromatic N) is 2. The van der Waals surface area contributed by atoms with E-state index >= 15 is 0 Å². The zero-order valence-corrected chi connectivity index (χ0v) is 13.3. The molecule has 128 valence electrons. The molecule has 2 atom stereocenters. The SMILES string of the molecule is CCc1cc(=O)[nH]c(CN2C[C@@H](O)C[C@H]2c2ccc(F)c(F)c2)n1. The predicted octanol–water partition coefficient (Wildman–Crippen LogP) is 1.92. The van der Waals surface area contributed by atoms with E-state index in [1.54, 1.807) is 0 Å². The van der Waals surface area contributed by atoms with Gasteiger partial charge in [0.25, 0.3) is 5.56 Å². The van der Waals surface area contributed by atoms with Crippen LogP contribution in [0, 0.1) is 11.6 Å². The third kappa shape index (κ3) is 3.52. The molecule has 1 aromatic heterocycles. The third-order valence-electron chi connectivity index (χ3n) is 4.27. The fraction of sp³-hybridized carbons (Fsp3) is 0.412. The van der Waals surface area contributed by atoms with Crippen molar-refractivity contribution in [1.29, 1.82) is 0 Å². The molecule has 1 saturated heterocycles. The Hall–Kier alpha value is -2.12. The monoisotopic (exact) mass is 335 g/mol. The molecule has 5 nitrogen and oxygen atoms in total. The predicted molar refractivity (Wildman–Crippen MR) is 84.4 cm³/mol. The number of β-amino-alcohol motifs (C(OH)–C–C–N with tert-alkyl or cyclic N) is 1. The van der Waals surface area contributed by atoms with Crippen LogP contribution < -0.4 is 5.56 Å². The molecule has 24 heavy (non-hydrogen) atoms. The van der Waals surface area contributed by atoms with E-state index in [9.17, 15) is 18.7 Å². The van der Waals surface area contributed by atoms with Crippen LogP contribution in [-0.2, 0) is 13.0 Å². The molecule has 7 heteroatoms. The van der Waals surface area contributed by atoms with Crippen molar-refractivity contribution >= 4 is 0 Å². The van der Waals surface area contributed by atoms with Gasteiger partial charge in [-0.1, -0.05) is 13.0 Å². The van der Waals surface area contributed by atoms with Crippen molar-refractivity contribution in [2.45, 2.75) is 38.5 Å². The summed E-state index contributed by atoms with van der Waals surface area (Å²) in [5.41, 5.74) is 1.07. The number of aromatic amines is 1. The van der Waals surface area contributed by atoms with E-state index in [4.69, 9.17) is 0 Å². The number of aromatic nitrogens is 2. The number of nitrogens with one attached hydrogen (secondary N) is 1. The maximum Gasteiger partial charge on any atom is 0.251 e. The Balaban J connectivity index is 1.86. The number of benzene rings is 1. The molecule has 1 aromatic carbocycles. The summed E-state index contributed by atoms with van der Waals surface area (Å²) >= 11 is 0. The summed E-state index contributed by atoms with van der Waals surface area (Å²) in [7, 11) is 0. The van der Waals surface area contributed by atoms with Gasteiger partial charge in [0.05, 0.1) is 12.6 Å². The van der Waals surface area contributed by atoms with Gasteiger partial charge in [-0.2, -0.15) is 0 Å². The van der Waals surface area contributed by atoms with Crippen molar-refractivity contribution in [3.8, 4) is 0 Å². The van der Waals surface area contributed by atoms with Crippen LogP contribution in [-0.4, -0.2) is 32.6 Å². The van der Waals surface area contributed by atoms with Crippen molar-refractivity contribution in [2.75, 3.05) is 6.54 Å². The minimum Gasteiger partial charge on any atom is -0.392 e. The quantitative estimate of drug-likeness (QED) is 0.896. The zero-order chi connectivity index (χ0) is 17.3. The van der Waals surface area contributed by atoms with Crippen molar-refractivity contribution in [2.24, 2.45) is 0 Å². The molecule has 2 N–H and O–H groups in total. The van der Waals surface area contributed by atoms with Gasteiger partial charge >= 0.3 is 0 Å². The van der Waals surface area contributed by atoms with E-state index in [0.717, 1.165) is 12.1 Å². The lowest BCUT2D eigenvalue weighted by molar-refractivity contribution is 0.171. The molecule has 3 rings (SSSR count). The molecule has 1 aliphatic heterocycles. The van der Waals surface area contributed by atoms with Crippen molar-refractivity contribution < 1.29 is 13.9 Å². The molecule has 0 radical (unpaired) electrons. The van der Waals surface area contributed by atoms with E-state index < -0.39 is 17.7 Å². The first-order valence-corrected chi connectivity index (χ1v) is 7.92. The first-order valence-electron chi connectivity index (χ1n) is 7.92. The van der Waals surface area contributed by atoms with Crippen LogP contribution in [0.15, 0.2) is 29.1 Å². The average molecular weight is 335 g/mol. The second-order valence-electron chi connectivity index (χ2n) is 6.05. The Morgan fingerprint density at radius 1 is 1.33 bits per heavy atom. The standard InChI is InChI=1S/C17H19F2N3O2/c1-2-11-6-17(24)21-16(20-11)9-22-8-12(23)7-15(22)10-3-4-13(18)14(19)5-10/h3-6,12,15,23H,2,7-9H2,1H3,(H,20,21,24)/t12-,15-/m0/s1. The van der Waals surface area contributed by atoms with Crippen LogP contribution in [0.1, 0.15) is 36.5 Å². The topological polar surface area (TPSA) is 69.2 Å². The Morgan fingerprint density at radius 3 is 2.83 bits per heavy atom. The summed E-state index contributed by atoms with van der Waals surface area (Å²) in [6.45, 7) is 2.61. The highest BCUT2D eigenvalue weighted by Crippen LogP contribution is 2.33. The molecule has 2 heterocycles. The van der Waals surface area contributed by atoms with Gasteiger partial charge in [-0.3, -0.25) is 9.69 Å². The van der Waals surface area contributed by atoms with Crippen molar-refractivity contribution in [1.82, 2.24) is 14.9 Å². The van der Waals surface area contributed by atoms with E-state index in [2.05, 4.69) is 9.97 Å². The highest BCUT2D eigenvalue weighted by Gasteiger charge is 2.32. The number of aryl methyl sites for hydroxylation is 1. The first kappa shape index (κ1) is 16.7. The minimum atomic E-state index is -0.909. The number of H-pyrrole nitrogens is 1. The lowest BCUT2D eigenvalue weighted by Gasteiger charge is -2.24. The molecule has 0 bridgehead atoms. The Morgan fingerprint density at radius 2 is 2.12 bits per heavy atom. The maximum absolute atomic E-state index is 13.5. The molecule has 0 amide bonds. The largest absolute Gasteiger partial charge is 0.392 e. The molecule has 0 saturated carbocycles. The number of aliphatic hydroxyl groups excluding tert-OH is 1. The van der Waals surface area contributed by atoms with Gasteiger partial charge < -0.3 is 10.1 Å². The number of hydrogen-bond donors (Lipinski definition) is 2. The van der Waals surface area contributed by atoms with Gasteiger partial charge in [0.2, 0.25) is 0 Å². The van der Waals surface area contributed by atoms with Gasteiger partial charge in [0, 0.05) is 24.3 Å². The van der Waals surface area contributed by atoms with Crippen molar-refractivity contribution in [3.63, 3.8) is 0 Å². The van der Waals surface area contributed by atoms with Crippen LogP contribution >= 0.6 is 0 Å². The first-order chi connectivity index (χ1) is 11.5. The number of rotatable bonds is 4. The van der Waals surface area contributed by atoms with Gasteiger partial charge in [0.1, 0.15) is 5.82 Å². The number of aliphatic hydroxyl groups is 1. The third-order valence-corrected chi connectivity index (χ3v) is 4.27. The Bertz CT molecular complexity index is 794. The smallest absolute Gasteiger partial charge is 0.251 e. The molecule has 0 unspecified atom stereocenters. The second-order valence-corrected chi connectivity index (χ2v) is 6.05. The van der Waals surface area contributed by atoms with Gasteiger partial charge in [0.15, 0.2) is 11.6 Å². The Kier molecular flexibility index (Phi) is 4.73. The van der Waals surface area contributed by atoms with Crippen LogP contribution in [0.4, 0.5) is 8.78 Å². The highest BCUT2D eigenvalue weighted by molar-refractivity contribution is 5.23. The second kappa shape index (κ2) is 6.78. The Labute approximate surface area is 138 Å². The molecule has 0 aliphatic carbocycles. The number of halogens is 2. The number of likely N-dealkylation sites (tertiary alicyclic amines) is 1. The highest BCUT2D eigenvalue weighted by atomic mass is 19.2. The molecule has 1 fully saturated rings. The summed E-state index contributed by atoms with van der Waals surface area (Å²) in [6, 6.07) is 4.96. The van der Waals surface area contributed by atoms with E-state index in [-0.39, 0.29) is 11.6 Å². The maximum atomic E-state index is 13.5. The molecule has 1 aliphatic rings. The molecular formula is C17H19F2N3O2. The fourth-order valence-electron chi connectivity index (χ4n) is 3.13. The normalized spacial score (nSPS) is 21.3. The zero-order valence-electron chi connectivity index (χ0n) is 13.3. The fourth-order valence-corrected chi connectivity index (χ4v) is 3.13. The summed E-state index contributed by atoms with van der Waals surface area (Å²) in [5.74, 6) is -1.31. The van der Waals surface area contributed by atoms with Gasteiger partial charge in [-0.05, 0) is 30.5 Å². The minimum absolute atomic E-state index is 0.221. The van der Waals surface area contributed by atoms with Crippen LogP contribution in [0.5, 0.6) is 0 Å². The average Bonchev–Trinajstić information content (AvgIpc) is 2.90. The molecule has 2 aromatic rings. The van der Waals surface area contributed by atoms with Crippen LogP contribution in [0.3, 0.4) is 0 Å². The lowest BCUT2D eigenvalue weighted by atomic mass is 10.0.